The van der Waals surface area contributed by atoms with Gasteiger partial charge < -0.3 is 10.5 Å². The quantitative estimate of drug-likeness (QED) is 0.538. The number of aliphatic imine (C=N–C) groups is 1. The molecule has 0 aromatic carbocycles. The molecule has 2 aliphatic heterocycles. The van der Waals surface area contributed by atoms with Crippen LogP contribution in [-0.4, -0.2) is 29.0 Å². The average Bonchev–Trinajstić information content (AvgIpc) is 2.04. The molecule has 10 heavy (non-hydrogen) atoms. The van der Waals surface area contributed by atoms with Crippen LogP contribution in [0.2, 0.25) is 0 Å². The largest absolute Gasteiger partial charge is 0.436 e. The summed E-state index contributed by atoms with van der Waals surface area (Å²) in [5.41, 5.74) is 4.94. The number of rotatable bonds is 0. The zero-order chi connectivity index (χ0) is 7.19. The van der Waals surface area contributed by atoms with Gasteiger partial charge in [0.2, 0.25) is 0 Å². The van der Waals surface area contributed by atoms with Gasteiger partial charge in [0.1, 0.15) is 0 Å². The maximum Gasteiger partial charge on any atom is 0.436 e. The first kappa shape index (κ1) is 6.03. The fourth-order valence-corrected chi connectivity index (χ4v) is 1.93. The first-order valence-electron chi connectivity index (χ1n) is 2.88. The van der Waals surface area contributed by atoms with Crippen LogP contribution in [0.1, 0.15) is 0 Å². The Hall–Kier alpha value is -0.710. The van der Waals surface area contributed by atoms with E-state index in [1.54, 1.807) is 11.8 Å². The molecule has 0 aliphatic carbocycles. The van der Waals surface area contributed by atoms with Gasteiger partial charge in [-0.25, -0.2) is 4.79 Å². The summed E-state index contributed by atoms with van der Waals surface area (Å²) in [7, 11) is 0. The van der Waals surface area contributed by atoms with Crippen LogP contribution in [0, 0.1) is 0 Å². The number of amides is 1. The Bertz CT molecular complexity index is 222. The Balaban J connectivity index is 2.27. The van der Waals surface area contributed by atoms with Crippen molar-refractivity contribution < 1.29 is 9.53 Å². The summed E-state index contributed by atoms with van der Waals surface area (Å²) >= 11 is 1.70. The lowest BCUT2D eigenvalue weighted by molar-refractivity contribution is 0.105. The predicted octanol–water partition coefficient (Wildman–Crippen LogP) is -0.0206. The molecular weight excluding hydrogens is 152 g/mol. The molecule has 0 radical (unpaired) electrons. The second-order valence-electron chi connectivity index (χ2n) is 2.35. The van der Waals surface area contributed by atoms with Crippen molar-refractivity contribution in [1.29, 1.82) is 0 Å². The minimum Gasteiger partial charge on any atom is -0.431 e. The molecule has 1 fully saturated rings. The van der Waals surface area contributed by atoms with Crippen molar-refractivity contribution in [3.8, 4) is 0 Å². The van der Waals surface area contributed by atoms with Crippen LogP contribution in [0.25, 0.3) is 0 Å². The average molecular weight is 158 g/mol. The number of nitrogens with two attached hydrogens (primary N) is 1. The molecule has 1 spiro atoms. The summed E-state index contributed by atoms with van der Waals surface area (Å²) in [4.78, 5) is 14.0. The van der Waals surface area contributed by atoms with Gasteiger partial charge in [-0.15, -0.1) is 0 Å². The Labute approximate surface area is 61.8 Å². The Morgan fingerprint density at radius 3 is 2.60 bits per heavy atom. The highest BCUT2D eigenvalue weighted by Gasteiger charge is 2.49. The van der Waals surface area contributed by atoms with E-state index in [2.05, 4.69) is 4.99 Å². The highest BCUT2D eigenvalue weighted by atomic mass is 32.2. The molecule has 2 aliphatic rings. The van der Waals surface area contributed by atoms with Crippen molar-refractivity contribution in [2.24, 2.45) is 10.7 Å². The third-order valence-electron chi connectivity index (χ3n) is 1.63. The molecule has 1 saturated heterocycles. The van der Waals surface area contributed by atoms with Crippen molar-refractivity contribution in [1.82, 2.24) is 0 Å². The highest BCUT2D eigenvalue weighted by molar-refractivity contribution is 8.01. The number of ether oxygens (including phenoxy) is 1. The molecule has 2 heterocycles. The molecule has 0 unspecified atom stereocenters. The topological polar surface area (TPSA) is 64.7 Å². The number of carbonyl (C=O) groups excluding carboxylic acids is 1. The van der Waals surface area contributed by atoms with Crippen LogP contribution in [-0.2, 0) is 4.74 Å². The maximum atomic E-state index is 10.6. The first-order valence-corrected chi connectivity index (χ1v) is 4.04. The molecule has 2 N–H and O–H groups in total. The molecule has 0 aromatic heterocycles. The van der Waals surface area contributed by atoms with Crippen LogP contribution in [0.15, 0.2) is 4.99 Å². The molecule has 0 atom stereocenters. The van der Waals surface area contributed by atoms with Crippen LogP contribution < -0.4 is 5.73 Å². The van der Waals surface area contributed by atoms with E-state index >= 15 is 0 Å². The van der Waals surface area contributed by atoms with E-state index in [-0.39, 0.29) is 0 Å². The lowest BCUT2D eigenvalue weighted by atomic mass is 10.1. The van der Waals surface area contributed by atoms with Gasteiger partial charge in [-0.05, 0) is 0 Å². The van der Waals surface area contributed by atoms with Gasteiger partial charge in [0, 0.05) is 11.5 Å². The van der Waals surface area contributed by atoms with Gasteiger partial charge in [0.25, 0.3) is 0 Å². The van der Waals surface area contributed by atoms with Crippen LogP contribution in [0.5, 0.6) is 0 Å². The SMILES string of the molecule is NC1=NC(=O)OC12CSC2. The summed E-state index contributed by atoms with van der Waals surface area (Å²) < 4.78 is 4.91. The maximum absolute atomic E-state index is 10.6. The molecule has 0 aromatic rings. The molecule has 0 bridgehead atoms. The first-order chi connectivity index (χ1) is 4.73. The van der Waals surface area contributed by atoms with E-state index in [4.69, 9.17) is 10.5 Å². The fourth-order valence-electron chi connectivity index (χ4n) is 0.937. The van der Waals surface area contributed by atoms with E-state index in [1.165, 1.54) is 0 Å². The second kappa shape index (κ2) is 1.66. The summed E-state index contributed by atoms with van der Waals surface area (Å²) in [5.74, 6) is 1.86. The summed E-state index contributed by atoms with van der Waals surface area (Å²) in [6.45, 7) is 0. The molecule has 4 nitrogen and oxygen atoms in total. The number of nitrogens with zero attached hydrogens (tertiary/aromatic N) is 1. The summed E-state index contributed by atoms with van der Waals surface area (Å²) in [6, 6.07) is 0. The van der Waals surface area contributed by atoms with Gasteiger partial charge in [-0.1, -0.05) is 0 Å². The monoisotopic (exact) mass is 158 g/mol. The number of amidine groups is 1. The molecular formula is C5H6N2O2S. The third-order valence-corrected chi connectivity index (χ3v) is 2.97. The molecule has 0 saturated carbocycles. The lowest BCUT2D eigenvalue weighted by Gasteiger charge is -2.34. The molecule has 1 amide bonds. The lowest BCUT2D eigenvalue weighted by Crippen LogP contribution is -2.53. The van der Waals surface area contributed by atoms with E-state index in [0.29, 0.717) is 5.84 Å². The van der Waals surface area contributed by atoms with E-state index in [0.717, 1.165) is 11.5 Å². The molecule has 5 heteroatoms. The summed E-state index contributed by atoms with van der Waals surface area (Å²) in [5, 5.41) is 0. The third kappa shape index (κ3) is 0.581. The summed E-state index contributed by atoms with van der Waals surface area (Å²) in [6.07, 6.45) is -0.544. The fraction of sp³-hybridized carbons (Fsp3) is 0.600. The zero-order valence-corrected chi connectivity index (χ0v) is 5.98. The van der Waals surface area contributed by atoms with Gasteiger partial charge in [-0.2, -0.15) is 16.8 Å². The van der Waals surface area contributed by atoms with Crippen molar-refractivity contribution in [2.45, 2.75) is 5.60 Å². The second-order valence-corrected chi connectivity index (χ2v) is 3.34. The number of hydrogen-bond acceptors (Lipinski definition) is 4. The number of carbonyl (C=O) groups is 1. The van der Waals surface area contributed by atoms with E-state index in [9.17, 15) is 4.79 Å². The van der Waals surface area contributed by atoms with Crippen LogP contribution in [0.3, 0.4) is 0 Å². The van der Waals surface area contributed by atoms with Gasteiger partial charge in [0.15, 0.2) is 11.4 Å². The van der Waals surface area contributed by atoms with Crippen molar-refractivity contribution >= 4 is 23.7 Å². The van der Waals surface area contributed by atoms with Crippen molar-refractivity contribution in [3.05, 3.63) is 0 Å². The van der Waals surface area contributed by atoms with Crippen LogP contribution >= 0.6 is 11.8 Å². The normalized spacial score (nSPS) is 27.6. The molecule has 2 rings (SSSR count). The molecule has 54 valence electrons. The van der Waals surface area contributed by atoms with Crippen molar-refractivity contribution in [2.75, 3.05) is 11.5 Å². The van der Waals surface area contributed by atoms with E-state index < -0.39 is 11.7 Å². The zero-order valence-electron chi connectivity index (χ0n) is 5.16. The highest BCUT2D eigenvalue weighted by Crippen LogP contribution is 2.36. The Kier molecular flexibility index (Phi) is 1.00. The van der Waals surface area contributed by atoms with Crippen LogP contribution in [0.4, 0.5) is 4.79 Å². The smallest absolute Gasteiger partial charge is 0.431 e. The van der Waals surface area contributed by atoms with Gasteiger partial charge in [-0.3, -0.25) is 0 Å². The minimum atomic E-state index is -0.544. The number of hydrogen-bond donors (Lipinski definition) is 1. The van der Waals surface area contributed by atoms with Gasteiger partial charge in [0.05, 0.1) is 0 Å². The Morgan fingerprint density at radius 1 is 1.70 bits per heavy atom. The number of thioether (sulfide) groups is 1. The standard InChI is InChI=1S/C5H6N2O2S/c6-3-5(1-10-2-5)9-4(8)7-3/h1-2H2,(H2,6,7,8). The minimum absolute atomic E-state index is 0.344. The van der Waals surface area contributed by atoms with Crippen molar-refractivity contribution in [3.63, 3.8) is 0 Å². The van der Waals surface area contributed by atoms with Gasteiger partial charge >= 0.3 is 6.09 Å². The Morgan fingerprint density at radius 2 is 2.40 bits per heavy atom. The van der Waals surface area contributed by atoms with E-state index in [1.807, 2.05) is 0 Å². The predicted molar refractivity (Wildman–Crippen MR) is 38.2 cm³/mol.